The van der Waals surface area contributed by atoms with Crippen molar-refractivity contribution in [1.82, 2.24) is 20.1 Å². The summed E-state index contributed by atoms with van der Waals surface area (Å²) in [4.78, 5) is 18.4. The third-order valence-electron chi connectivity index (χ3n) is 3.27. The molecule has 5 heteroatoms. The van der Waals surface area contributed by atoms with Crippen molar-refractivity contribution in [3.05, 3.63) is 11.6 Å². The van der Waals surface area contributed by atoms with Gasteiger partial charge < -0.3 is 4.90 Å². The first-order valence-electron chi connectivity index (χ1n) is 6.44. The Hall–Kier alpha value is -1.39. The van der Waals surface area contributed by atoms with Crippen molar-refractivity contribution in [2.75, 3.05) is 6.54 Å². The second kappa shape index (κ2) is 5.29. The molecule has 1 unspecified atom stereocenters. The average molecular weight is 236 g/mol. The molecule has 17 heavy (non-hydrogen) atoms. The van der Waals surface area contributed by atoms with Gasteiger partial charge in [-0.3, -0.25) is 9.89 Å². The van der Waals surface area contributed by atoms with Crippen LogP contribution in [0.2, 0.25) is 0 Å². The number of aromatic amines is 1. The van der Waals surface area contributed by atoms with Gasteiger partial charge in [0.25, 0.3) is 5.91 Å². The molecule has 0 aliphatic carbocycles. The minimum atomic E-state index is -0.0317. The van der Waals surface area contributed by atoms with Gasteiger partial charge >= 0.3 is 0 Å². The molecule has 1 aromatic rings. The van der Waals surface area contributed by atoms with Crippen LogP contribution in [-0.2, 0) is 6.42 Å². The number of aromatic nitrogens is 3. The molecule has 2 rings (SSSR count). The summed E-state index contributed by atoms with van der Waals surface area (Å²) in [7, 11) is 0. The van der Waals surface area contributed by atoms with E-state index in [1.165, 1.54) is 6.42 Å². The van der Waals surface area contributed by atoms with Crippen LogP contribution >= 0.6 is 0 Å². The van der Waals surface area contributed by atoms with E-state index in [9.17, 15) is 4.79 Å². The van der Waals surface area contributed by atoms with E-state index in [-0.39, 0.29) is 5.91 Å². The van der Waals surface area contributed by atoms with E-state index in [4.69, 9.17) is 0 Å². The van der Waals surface area contributed by atoms with Crippen LogP contribution in [0.3, 0.4) is 0 Å². The Morgan fingerprint density at radius 3 is 3.06 bits per heavy atom. The Morgan fingerprint density at radius 2 is 2.35 bits per heavy atom. The van der Waals surface area contributed by atoms with Gasteiger partial charge in [0.15, 0.2) is 0 Å². The molecule has 1 N–H and O–H groups in total. The molecule has 0 radical (unpaired) electrons. The zero-order valence-electron chi connectivity index (χ0n) is 10.6. The second-order valence-corrected chi connectivity index (χ2v) is 4.70. The zero-order valence-corrected chi connectivity index (χ0v) is 10.6. The summed E-state index contributed by atoms with van der Waals surface area (Å²) in [5, 5.41) is 6.85. The van der Waals surface area contributed by atoms with Gasteiger partial charge in [0, 0.05) is 19.0 Å². The molecule has 2 heterocycles. The van der Waals surface area contributed by atoms with Crippen LogP contribution in [0.1, 0.15) is 56.0 Å². The molecule has 5 nitrogen and oxygen atoms in total. The number of carbonyl (C=O) groups is 1. The summed E-state index contributed by atoms with van der Waals surface area (Å²) in [5.41, 5.74) is 0. The van der Waals surface area contributed by atoms with Crippen LogP contribution in [0.15, 0.2) is 0 Å². The fraction of sp³-hybridized carbons (Fsp3) is 0.750. The maximum absolute atomic E-state index is 12.2. The lowest BCUT2D eigenvalue weighted by Crippen LogP contribution is -2.42. The Balaban J connectivity index is 2.07. The summed E-state index contributed by atoms with van der Waals surface area (Å²) >= 11 is 0. The highest BCUT2D eigenvalue weighted by Crippen LogP contribution is 2.18. The summed E-state index contributed by atoms with van der Waals surface area (Å²) in [6, 6.07) is 0.310. The lowest BCUT2D eigenvalue weighted by molar-refractivity contribution is 0.0623. The zero-order chi connectivity index (χ0) is 12.3. The molecule has 0 spiro atoms. The van der Waals surface area contributed by atoms with Crippen LogP contribution in [0.25, 0.3) is 0 Å². The second-order valence-electron chi connectivity index (χ2n) is 4.70. The largest absolute Gasteiger partial charge is 0.333 e. The predicted molar refractivity (Wildman–Crippen MR) is 64.7 cm³/mol. The van der Waals surface area contributed by atoms with Crippen molar-refractivity contribution in [3.8, 4) is 0 Å². The molecular formula is C12H20N4O. The number of likely N-dealkylation sites (tertiary alicyclic amines) is 1. The van der Waals surface area contributed by atoms with E-state index >= 15 is 0 Å². The standard InChI is InChI=1S/C12H20N4O/c1-3-6-10-13-11(15-14-10)12(17)16-8-5-4-7-9(16)2/h9H,3-8H2,1-2H3,(H,13,14,15). The molecule has 0 bridgehead atoms. The van der Waals surface area contributed by atoms with Gasteiger partial charge in [-0.15, -0.1) is 5.10 Å². The molecular weight excluding hydrogens is 216 g/mol. The third kappa shape index (κ3) is 2.65. The van der Waals surface area contributed by atoms with Crippen molar-refractivity contribution >= 4 is 5.91 Å². The molecule has 1 aromatic heterocycles. The lowest BCUT2D eigenvalue weighted by atomic mass is 10.0. The van der Waals surface area contributed by atoms with Gasteiger partial charge in [0.2, 0.25) is 5.82 Å². The minimum absolute atomic E-state index is 0.0317. The summed E-state index contributed by atoms with van der Waals surface area (Å²) < 4.78 is 0. The van der Waals surface area contributed by atoms with E-state index < -0.39 is 0 Å². The van der Waals surface area contributed by atoms with Gasteiger partial charge in [-0.05, 0) is 32.6 Å². The van der Waals surface area contributed by atoms with E-state index in [0.29, 0.717) is 11.9 Å². The number of nitrogens with zero attached hydrogens (tertiary/aromatic N) is 3. The predicted octanol–water partition coefficient (Wildman–Crippen LogP) is 1.77. The molecule has 1 aliphatic heterocycles. The van der Waals surface area contributed by atoms with Gasteiger partial charge in [0.05, 0.1) is 0 Å². The highest BCUT2D eigenvalue weighted by Gasteiger charge is 2.26. The number of nitrogens with one attached hydrogen (secondary N) is 1. The molecule has 1 saturated heterocycles. The molecule has 1 amide bonds. The highest BCUT2D eigenvalue weighted by atomic mass is 16.2. The summed E-state index contributed by atoms with van der Waals surface area (Å²) in [6.45, 7) is 5.01. The summed E-state index contributed by atoms with van der Waals surface area (Å²) in [6.07, 6.45) is 5.22. The maximum atomic E-state index is 12.2. The maximum Gasteiger partial charge on any atom is 0.293 e. The van der Waals surface area contributed by atoms with E-state index in [1.807, 2.05) is 4.90 Å². The number of hydrogen-bond acceptors (Lipinski definition) is 3. The smallest absolute Gasteiger partial charge is 0.293 e. The van der Waals surface area contributed by atoms with Gasteiger partial charge in [0.1, 0.15) is 5.82 Å². The Morgan fingerprint density at radius 1 is 1.53 bits per heavy atom. The van der Waals surface area contributed by atoms with Crippen molar-refractivity contribution < 1.29 is 4.79 Å². The Labute approximate surface area is 102 Å². The highest BCUT2D eigenvalue weighted by molar-refractivity contribution is 5.90. The first-order valence-corrected chi connectivity index (χ1v) is 6.44. The Kier molecular flexibility index (Phi) is 3.76. The lowest BCUT2D eigenvalue weighted by Gasteiger charge is -2.32. The SMILES string of the molecule is CCCc1nc(C(=O)N2CCCCC2C)n[nH]1. The molecule has 1 atom stereocenters. The summed E-state index contributed by atoms with van der Waals surface area (Å²) in [5.74, 6) is 1.10. The van der Waals surface area contributed by atoms with Crippen LogP contribution in [-0.4, -0.2) is 38.6 Å². The number of piperidine rings is 1. The van der Waals surface area contributed by atoms with Crippen molar-refractivity contribution in [3.63, 3.8) is 0 Å². The fourth-order valence-corrected chi connectivity index (χ4v) is 2.27. The molecule has 1 aliphatic rings. The van der Waals surface area contributed by atoms with Crippen LogP contribution in [0, 0.1) is 0 Å². The van der Waals surface area contributed by atoms with Crippen molar-refractivity contribution in [2.24, 2.45) is 0 Å². The molecule has 1 fully saturated rings. The number of amides is 1. The van der Waals surface area contributed by atoms with E-state index in [2.05, 4.69) is 29.0 Å². The minimum Gasteiger partial charge on any atom is -0.333 e. The van der Waals surface area contributed by atoms with Crippen LogP contribution in [0.4, 0.5) is 0 Å². The average Bonchev–Trinajstić information content (AvgIpc) is 2.78. The van der Waals surface area contributed by atoms with Crippen molar-refractivity contribution in [2.45, 2.75) is 52.0 Å². The van der Waals surface area contributed by atoms with Gasteiger partial charge in [-0.2, -0.15) is 0 Å². The fourth-order valence-electron chi connectivity index (χ4n) is 2.27. The monoisotopic (exact) mass is 236 g/mol. The molecule has 94 valence electrons. The van der Waals surface area contributed by atoms with E-state index in [0.717, 1.165) is 38.1 Å². The molecule has 0 aromatic carbocycles. The quantitative estimate of drug-likeness (QED) is 0.870. The topological polar surface area (TPSA) is 61.9 Å². The number of hydrogen-bond donors (Lipinski definition) is 1. The number of rotatable bonds is 3. The van der Waals surface area contributed by atoms with Crippen molar-refractivity contribution in [1.29, 1.82) is 0 Å². The number of H-pyrrole nitrogens is 1. The Bertz CT molecular complexity index is 388. The number of carbonyl (C=O) groups excluding carboxylic acids is 1. The van der Waals surface area contributed by atoms with Gasteiger partial charge in [-0.1, -0.05) is 6.92 Å². The van der Waals surface area contributed by atoms with Crippen LogP contribution in [0.5, 0.6) is 0 Å². The first kappa shape index (κ1) is 12.1. The van der Waals surface area contributed by atoms with E-state index in [1.54, 1.807) is 0 Å². The van der Waals surface area contributed by atoms with Crippen LogP contribution < -0.4 is 0 Å². The third-order valence-corrected chi connectivity index (χ3v) is 3.27. The molecule has 0 saturated carbocycles. The number of aryl methyl sites for hydroxylation is 1. The first-order chi connectivity index (χ1) is 8.22. The normalized spacial score (nSPS) is 20.6. The van der Waals surface area contributed by atoms with Gasteiger partial charge in [-0.25, -0.2) is 4.98 Å².